The first-order chi connectivity index (χ1) is 10.1. The Hall–Kier alpha value is -2.47. The predicted octanol–water partition coefficient (Wildman–Crippen LogP) is 3.49. The summed E-state index contributed by atoms with van der Waals surface area (Å²) in [4.78, 5) is 9.83. The minimum absolute atomic E-state index is 0.371. The van der Waals surface area contributed by atoms with E-state index in [1.54, 1.807) is 7.11 Å². The molecule has 0 radical (unpaired) electrons. The van der Waals surface area contributed by atoms with Gasteiger partial charge in [-0.1, -0.05) is 24.3 Å². The first kappa shape index (κ1) is 14.9. The smallest absolute Gasteiger partial charge is 0.304 e. The van der Waals surface area contributed by atoms with Gasteiger partial charge < -0.3 is 10.1 Å². The van der Waals surface area contributed by atoms with Crippen LogP contribution >= 0.6 is 0 Å². The van der Waals surface area contributed by atoms with Crippen molar-refractivity contribution in [1.82, 2.24) is 0 Å². The molecular weight excluding hydrogens is 275 g/mol. The summed E-state index contributed by atoms with van der Waals surface area (Å²) in [5.74, 6) is -0.829. The van der Waals surface area contributed by atoms with Crippen LogP contribution in [0, 0.1) is 15.9 Å². The Morgan fingerprint density at radius 2 is 2.05 bits per heavy atom. The van der Waals surface area contributed by atoms with E-state index in [0.717, 1.165) is 11.3 Å². The van der Waals surface area contributed by atoms with Crippen LogP contribution in [0.4, 0.5) is 15.8 Å². The monoisotopic (exact) mass is 290 g/mol. The maximum Gasteiger partial charge on any atom is 0.304 e. The number of para-hydroxylation sites is 1. The minimum Gasteiger partial charge on any atom is -0.381 e. The summed E-state index contributed by atoms with van der Waals surface area (Å²) in [5, 5.41) is 13.7. The number of hydrogen-bond donors (Lipinski definition) is 1. The van der Waals surface area contributed by atoms with Gasteiger partial charge in [0.05, 0.1) is 11.5 Å². The van der Waals surface area contributed by atoms with Crippen molar-refractivity contribution in [2.24, 2.45) is 0 Å². The topological polar surface area (TPSA) is 64.4 Å². The van der Waals surface area contributed by atoms with Crippen LogP contribution in [0.5, 0.6) is 0 Å². The Labute approximate surface area is 121 Å². The maximum absolute atomic E-state index is 13.5. The van der Waals surface area contributed by atoms with E-state index < -0.39 is 16.4 Å². The van der Waals surface area contributed by atoms with E-state index in [0.29, 0.717) is 18.7 Å². The molecule has 0 aliphatic heterocycles. The average Bonchev–Trinajstić information content (AvgIpc) is 2.46. The molecule has 0 amide bonds. The Bertz CT molecular complexity index is 647. The van der Waals surface area contributed by atoms with Gasteiger partial charge in [-0.05, 0) is 17.7 Å². The van der Waals surface area contributed by atoms with Crippen molar-refractivity contribution in [2.45, 2.75) is 13.2 Å². The highest BCUT2D eigenvalue weighted by molar-refractivity contribution is 5.51. The van der Waals surface area contributed by atoms with E-state index in [4.69, 9.17) is 4.74 Å². The summed E-state index contributed by atoms with van der Waals surface area (Å²) in [6.07, 6.45) is 0. The highest BCUT2D eigenvalue weighted by Crippen LogP contribution is 2.20. The third kappa shape index (κ3) is 3.76. The van der Waals surface area contributed by atoms with Crippen molar-refractivity contribution >= 4 is 11.4 Å². The molecule has 0 saturated heterocycles. The first-order valence-electron chi connectivity index (χ1n) is 6.35. The van der Waals surface area contributed by atoms with Crippen molar-refractivity contribution < 1.29 is 14.1 Å². The second kappa shape index (κ2) is 6.81. The Balaban J connectivity index is 2.10. The third-order valence-electron chi connectivity index (χ3n) is 3.01. The Morgan fingerprint density at radius 1 is 1.29 bits per heavy atom. The summed E-state index contributed by atoms with van der Waals surface area (Å²) >= 11 is 0. The lowest BCUT2D eigenvalue weighted by Gasteiger charge is -2.11. The number of ether oxygens (including phenoxy) is 1. The molecule has 0 atom stereocenters. The molecule has 0 aliphatic carbocycles. The number of halogens is 1. The zero-order valence-electron chi connectivity index (χ0n) is 11.5. The fraction of sp³-hybridized carbons (Fsp3) is 0.200. The van der Waals surface area contributed by atoms with E-state index in [1.807, 2.05) is 24.3 Å². The van der Waals surface area contributed by atoms with Crippen LogP contribution in [0.3, 0.4) is 0 Å². The molecule has 0 spiro atoms. The fourth-order valence-electron chi connectivity index (χ4n) is 1.98. The molecular formula is C15H15FN2O3. The predicted molar refractivity (Wildman–Crippen MR) is 77.5 cm³/mol. The number of nitrogens with zero attached hydrogens (tertiary/aromatic N) is 1. The van der Waals surface area contributed by atoms with E-state index in [2.05, 4.69) is 5.32 Å². The molecule has 5 nitrogen and oxygen atoms in total. The largest absolute Gasteiger partial charge is 0.381 e. The lowest BCUT2D eigenvalue weighted by molar-refractivity contribution is -0.387. The summed E-state index contributed by atoms with van der Waals surface area (Å²) < 4.78 is 18.6. The number of anilines is 1. The van der Waals surface area contributed by atoms with Crippen molar-refractivity contribution in [2.75, 3.05) is 12.4 Å². The van der Waals surface area contributed by atoms with Gasteiger partial charge in [-0.3, -0.25) is 10.1 Å². The van der Waals surface area contributed by atoms with Crippen molar-refractivity contribution in [3.8, 4) is 0 Å². The number of nitrogens with one attached hydrogen (secondary N) is 1. The zero-order chi connectivity index (χ0) is 15.2. The lowest BCUT2D eigenvalue weighted by atomic mass is 10.1. The molecule has 2 aromatic carbocycles. The van der Waals surface area contributed by atoms with Gasteiger partial charge in [0.1, 0.15) is 0 Å². The molecule has 110 valence electrons. The van der Waals surface area contributed by atoms with Gasteiger partial charge in [0.25, 0.3) is 0 Å². The molecule has 0 unspecified atom stereocenters. The fourth-order valence-corrected chi connectivity index (χ4v) is 1.98. The molecule has 0 aliphatic rings. The van der Waals surface area contributed by atoms with E-state index >= 15 is 0 Å². The SMILES string of the molecule is COCc1ccccc1NCc1ccc([N+](=O)[O-])c(F)c1. The van der Waals surface area contributed by atoms with Crippen LogP contribution in [0.25, 0.3) is 0 Å². The molecule has 0 heterocycles. The molecule has 0 saturated carbocycles. The number of hydrogen-bond acceptors (Lipinski definition) is 4. The van der Waals surface area contributed by atoms with Crippen LogP contribution in [0.2, 0.25) is 0 Å². The van der Waals surface area contributed by atoms with Gasteiger partial charge >= 0.3 is 5.69 Å². The van der Waals surface area contributed by atoms with Crippen LogP contribution < -0.4 is 5.32 Å². The molecule has 2 rings (SSSR count). The van der Waals surface area contributed by atoms with Gasteiger partial charge in [0.15, 0.2) is 0 Å². The van der Waals surface area contributed by atoms with Gasteiger partial charge in [0.2, 0.25) is 5.82 Å². The van der Waals surface area contributed by atoms with Gasteiger partial charge in [-0.15, -0.1) is 0 Å². The number of nitro benzene ring substituents is 1. The lowest BCUT2D eigenvalue weighted by Crippen LogP contribution is -2.04. The standard InChI is InChI=1S/C15H15FN2O3/c1-21-10-12-4-2-3-5-14(12)17-9-11-6-7-15(18(19)20)13(16)8-11/h2-8,17H,9-10H2,1H3. The average molecular weight is 290 g/mol. The highest BCUT2D eigenvalue weighted by Gasteiger charge is 2.13. The number of nitro groups is 1. The Kier molecular flexibility index (Phi) is 4.84. The van der Waals surface area contributed by atoms with Crippen molar-refractivity contribution in [1.29, 1.82) is 0 Å². The van der Waals surface area contributed by atoms with Crippen LogP contribution in [0.15, 0.2) is 42.5 Å². The van der Waals surface area contributed by atoms with Gasteiger partial charge in [0, 0.05) is 31.0 Å². The highest BCUT2D eigenvalue weighted by atomic mass is 19.1. The molecule has 0 aromatic heterocycles. The summed E-state index contributed by atoms with van der Waals surface area (Å²) in [7, 11) is 1.61. The van der Waals surface area contributed by atoms with E-state index in [-0.39, 0.29) is 0 Å². The molecule has 1 N–H and O–H groups in total. The number of benzene rings is 2. The van der Waals surface area contributed by atoms with Crippen LogP contribution in [-0.4, -0.2) is 12.0 Å². The molecule has 0 bridgehead atoms. The third-order valence-corrected chi connectivity index (χ3v) is 3.01. The normalized spacial score (nSPS) is 10.4. The van der Waals surface area contributed by atoms with Crippen LogP contribution in [0.1, 0.15) is 11.1 Å². The summed E-state index contributed by atoms with van der Waals surface area (Å²) in [6, 6.07) is 11.5. The van der Waals surface area contributed by atoms with Crippen LogP contribution in [-0.2, 0) is 17.9 Å². The Morgan fingerprint density at radius 3 is 2.71 bits per heavy atom. The van der Waals surface area contributed by atoms with Gasteiger partial charge in [-0.2, -0.15) is 4.39 Å². The first-order valence-corrected chi connectivity index (χ1v) is 6.35. The molecule has 6 heteroatoms. The van der Waals surface area contributed by atoms with Crippen molar-refractivity contribution in [3.05, 3.63) is 69.5 Å². The minimum atomic E-state index is -0.829. The number of rotatable bonds is 6. The van der Waals surface area contributed by atoms with E-state index in [9.17, 15) is 14.5 Å². The number of methoxy groups -OCH3 is 1. The maximum atomic E-state index is 13.5. The molecule has 21 heavy (non-hydrogen) atoms. The molecule has 0 fully saturated rings. The second-order valence-electron chi connectivity index (χ2n) is 4.49. The molecule has 2 aromatic rings. The second-order valence-corrected chi connectivity index (χ2v) is 4.49. The summed E-state index contributed by atoms with van der Waals surface area (Å²) in [6.45, 7) is 0.841. The van der Waals surface area contributed by atoms with Crippen molar-refractivity contribution in [3.63, 3.8) is 0 Å². The summed E-state index contributed by atoms with van der Waals surface area (Å²) in [5.41, 5.74) is 1.99. The van der Waals surface area contributed by atoms with E-state index in [1.165, 1.54) is 18.2 Å². The van der Waals surface area contributed by atoms with Gasteiger partial charge in [-0.25, -0.2) is 0 Å². The zero-order valence-corrected chi connectivity index (χ0v) is 11.5. The quantitative estimate of drug-likeness (QED) is 0.653.